The third-order valence-corrected chi connectivity index (χ3v) is 5.18. The first-order valence-corrected chi connectivity index (χ1v) is 9.51. The molecule has 0 aliphatic heterocycles. The molecule has 23 heavy (non-hydrogen) atoms. The molecule has 0 unspecified atom stereocenters. The maximum Gasteiger partial charge on any atom is 0.228 e. The lowest BCUT2D eigenvalue weighted by Crippen LogP contribution is -2.15. The summed E-state index contributed by atoms with van der Waals surface area (Å²) in [5, 5.41) is 2.77. The van der Waals surface area contributed by atoms with Crippen LogP contribution in [-0.2, 0) is 33.9 Å². The fraction of sp³-hybridized carbons (Fsp3) is 0.278. The molecule has 0 heterocycles. The Kier molecular flexibility index (Phi) is 4.22. The van der Waals surface area contributed by atoms with Crippen molar-refractivity contribution in [2.24, 2.45) is 0 Å². The van der Waals surface area contributed by atoms with Gasteiger partial charge in [-0.2, -0.15) is 0 Å². The molecule has 4 nitrogen and oxygen atoms in total. The fourth-order valence-electron chi connectivity index (χ4n) is 2.93. The maximum absolute atomic E-state index is 12.2. The summed E-state index contributed by atoms with van der Waals surface area (Å²) in [6, 6.07) is 12.5. The molecule has 0 spiro atoms. The van der Waals surface area contributed by atoms with Crippen LogP contribution in [0.25, 0.3) is 0 Å². The van der Waals surface area contributed by atoms with E-state index < -0.39 is 9.84 Å². The van der Waals surface area contributed by atoms with E-state index in [-0.39, 0.29) is 17.2 Å². The lowest BCUT2D eigenvalue weighted by Gasteiger charge is -2.08. The smallest absolute Gasteiger partial charge is 0.228 e. The van der Waals surface area contributed by atoms with Crippen molar-refractivity contribution < 1.29 is 13.2 Å². The van der Waals surface area contributed by atoms with Crippen LogP contribution in [0.4, 0.5) is 5.69 Å². The third-order valence-electron chi connectivity index (χ3n) is 4.07. The third kappa shape index (κ3) is 3.79. The van der Waals surface area contributed by atoms with Crippen molar-refractivity contribution in [3.63, 3.8) is 0 Å². The molecule has 0 aromatic heterocycles. The van der Waals surface area contributed by atoms with Gasteiger partial charge >= 0.3 is 0 Å². The minimum Gasteiger partial charge on any atom is -0.326 e. The molecule has 1 N–H and O–H groups in total. The molecule has 3 rings (SSSR count). The molecule has 120 valence electrons. The number of nitrogens with one attached hydrogen (secondary N) is 1. The molecule has 2 aromatic rings. The summed E-state index contributed by atoms with van der Waals surface area (Å²) in [6.07, 6.45) is 4.83. The molecule has 1 aliphatic carbocycles. The summed E-state index contributed by atoms with van der Waals surface area (Å²) in [5.41, 5.74) is 4.21. The number of hydrogen-bond acceptors (Lipinski definition) is 3. The van der Waals surface area contributed by atoms with Crippen molar-refractivity contribution in [1.82, 2.24) is 0 Å². The minimum atomic E-state index is -3.28. The van der Waals surface area contributed by atoms with Crippen molar-refractivity contribution in [2.45, 2.75) is 30.6 Å². The van der Waals surface area contributed by atoms with E-state index in [0.29, 0.717) is 5.69 Å². The number of hydrogen-bond donors (Lipinski definition) is 1. The number of fused-ring (bicyclic) bond motifs is 1. The highest BCUT2D eigenvalue weighted by molar-refractivity contribution is 7.90. The Hall–Kier alpha value is -2.14. The molecule has 2 aromatic carbocycles. The summed E-state index contributed by atoms with van der Waals surface area (Å²) in [7, 11) is -3.28. The van der Waals surface area contributed by atoms with E-state index in [4.69, 9.17) is 0 Å². The largest absolute Gasteiger partial charge is 0.326 e. The summed E-state index contributed by atoms with van der Waals surface area (Å²) in [5.74, 6) is -0.145. The second kappa shape index (κ2) is 6.16. The van der Waals surface area contributed by atoms with E-state index in [2.05, 4.69) is 17.4 Å². The zero-order chi connectivity index (χ0) is 16.4. The van der Waals surface area contributed by atoms with E-state index in [9.17, 15) is 13.2 Å². The number of anilines is 1. The quantitative estimate of drug-likeness (QED) is 0.938. The predicted molar refractivity (Wildman–Crippen MR) is 90.4 cm³/mol. The Bertz CT molecular complexity index is 856. The summed E-state index contributed by atoms with van der Waals surface area (Å²) < 4.78 is 23.1. The highest BCUT2D eigenvalue weighted by atomic mass is 32.2. The summed E-state index contributed by atoms with van der Waals surface area (Å²) in [6.45, 7) is 0. The lowest BCUT2D eigenvalue weighted by atomic mass is 10.0. The maximum atomic E-state index is 12.2. The van der Waals surface area contributed by atoms with Gasteiger partial charge in [-0.25, -0.2) is 8.42 Å². The van der Waals surface area contributed by atoms with Gasteiger partial charge < -0.3 is 5.32 Å². The second-order valence-electron chi connectivity index (χ2n) is 5.98. The van der Waals surface area contributed by atoms with E-state index in [1.165, 1.54) is 29.7 Å². The highest BCUT2D eigenvalue weighted by Crippen LogP contribution is 2.23. The van der Waals surface area contributed by atoms with Crippen LogP contribution >= 0.6 is 0 Å². The molecule has 1 aliphatic rings. The van der Waals surface area contributed by atoms with Crippen LogP contribution in [0, 0.1) is 0 Å². The average Bonchev–Trinajstić information content (AvgIpc) is 2.94. The molecule has 1 amide bonds. The van der Waals surface area contributed by atoms with Crippen LogP contribution in [0.1, 0.15) is 23.1 Å². The standard InChI is InChI=1S/C18H19NO3S/c1-23(21,22)17-7-3-6-16(12-17)19-18(20)11-13-8-9-14-4-2-5-15(14)10-13/h3,6-10,12H,2,4-5,11H2,1H3,(H,19,20). The molecule has 0 bridgehead atoms. The van der Waals surface area contributed by atoms with Crippen molar-refractivity contribution in [2.75, 3.05) is 11.6 Å². The van der Waals surface area contributed by atoms with Gasteiger partial charge in [0.25, 0.3) is 0 Å². The van der Waals surface area contributed by atoms with Crippen LogP contribution in [-0.4, -0.2) is 20.6 Å². The molecular weight excluding hydrogens is 310 g/mol. The molecule has 0 radical (unpaired) electrons. The first-order chi connectivity index (χ1) is 10.9. The number of amides is 1. The van der Waals surface area contributed by atoms with Gasteiger partial charge in [-0.1, -0.05) is 24.3 Å². The lowest BCUT2D eigenvalue weighted by molar-refractivity contribution is -0.115. The van der Waals surface area contributed by atoms with Gasteiger partial charge in [0.1, 0.15) is 0 Å². The Balaban J connectivity index is 1.70. The Morgan fingerprint density at radius 1 is 1.09 bits per heavy atom. The van der Waals surface area contributed by atoms with Gasteiger partial charge in [0.2, 0.25) is 5.91 Å². The van der Waals surface area contributed by atoms with E-state index in [1.54, 1.807) is 12.1 Å². The van der Waals surface area contributed by atoms with Crippen LogP contribution in [0.2, 0.25) is 0 Å². The summed E-state index contributed by atoms with van der Waals surface area (Å²) >= 11 is 0. The number of rotatable bonds is 4. The van der Waals surface area contributed by atoms with Crippen LogP contribution < -0.4 is 5.32 Å². The number of aryl methyl sites for hydroxylation is 2. The van der Waals surface area contributed by atoms with Crippen LogP contribution in [0.3, 0.4) is 0 Å². The Morgan fingerprint density at radius 3 is 2.65 bits per heavy atom. The first kappa shape index (κ1) is 15.7. The van der Waals surface area contributed by atoms with Crippen molar-refractivity contribution in [3.05, 3.63) is 59.2 Å². The van der Waals surface area contributed by atoms with E-state index >= 15 is 0 Å². The normalized spacial score (nSPS) is 13.6. The molecule has 0 saturated heterocycles. The number of sulfone groups is 1. The van der Waals surface area contributed by atoms with Crippen molar-refractivity contribution in [3.8, 4) is 0 Å². The van der Waals surface area contributed by atoms with Crippen LogP contribution in [0.15, 0.2) is 47.4 Å². The Morgan fingerprint density at radius 2 is 1.87 bits per heavy atom. The van der Waals surface area contributed by atoms with Gasteiger partial charge in [-0.05, 0) is 54.2 Å². The number of benzene rings is 2. The number of carbonyl (C=O) groups is 1. The van der Waals surface area contributed by atoms with Crippen molar-refractivity contribution >= 4 is 21.4 Å². The fourth-order valence-corrected chi connectivity index (χ4v) is 3.60. The predicted octanol–water partition coefficient (Wildman–Crippen LogP) is 2.76. The molecule has 0 saturated carbocycles. The zero-order valence-electron chi connectivity index (χ0n) is 13.0. The average molecular weight is 329 g/mol. The van der Waals surface area contributed by atoms with Gasteiger partial charge in [-0.3, -0.25) is 4.79 Å². The zero-order valence-corrected chi connectivity index (χ0v) is 13.8. The second-order valence-corrected chi connectivity index (χ2v) is 8.00. The van der Waals surface area contributed by atoms with Crippen LogP contribution in [0.5, 0.6) is 0 Å². The van der Waals surface area contributed by atoms with E-state index in [0.717, 1.165) is 24.7 Å². The highest BCUT2D eigenvalue weighted by Gasteiger charge is 2.13. The van der Waals surface area contributed by atoms with Gasteiger partial charge in [0.05, 0.1) is 11.3 Å². The first-order valence-electron chi connectivity index (χ1n) is 7.62. The number of carbonyl (C=O) groups excluding carboxylic acids is 1. The molecular formula is C18H19NO3S. The Labute approximate surface area is 136 Å². The molecule has 0 atom stereocenters. The monoisotopic (exact) mass is 329 g/mol. The van der Waals surface area contributed by atoms with Gasteiger partial charge in [0.15, 0.2) is 9.84 Å². The van der Waals surface area contributed by atoms with E-state index in [1.807, 2.05) is 6.07 Å². The molecule has 5 heteroatoms. The topological polar surface area (TPSA) is 63.2 Å². The van der Waals surface area contributed by atoms with Gasteiger partial charge in [-0.15, -0.1) is 0 Å². The molecule has 0 fully saturated rings. The SMILES string of the molecule is CS(=O)(=O)c1cccc(NC(=O)Cc2ccc3c(c2)CCC3)c1. The van der Waals surface area contributed by atoms with Gasteiger partial charge in [0, 0.05) is 11.9 Å². The minimum absolute atomic E-state index is 0.145. The summed E-state index contributed by atoms with van der Waals surface area (Å²) in [4.78, 5) is 12.4. The van der Waals surface area contributed by atoms with Crippen molar-refractivity contribution in [1.29, 1.82) is 0 Å².